The number of rotatable bonds is 5. The molecule has 4 rings (SSSR count). The van der Waals surface area contributed by atoms with Gasteiger partial charge in [0.05, 0.1) is 25.3 Å². The predicted octanol–water partition coefficient (Wildman–Crippen LogP) is 5.75. The van der Waals surface area contributed by atoms with Crippen LogP contribution in [0.3, 0.4) is 0 Å². The molecule has 3 amide bonds. The number of carbonyl (C=O) groups is 2. The highest BCUT2D eigenvalue weighted by Crippen LogP contribution is 2.27. The van der Waals surface area contributed by atoms with E-state index in [1.54, 1.807) is 21.9 Å². The van der Waals surface area contributed by atoms with Crippen LogP contribution in [0.25, 0.3) is 0 Å². The average Bonchev–Trinajstić information content (AvgIpc) is 3.06. The Kier molecular flexibility index (Phi) is 7.34. The zero-order valence-corrected chi connectivity index (χ0v) is 20.3. The average molecular weight is 476 g/mol. The number of aryl methyl sites for hydroxylation is 1. The number of anilines is 2. The second-order valence-electron chi connectivity index (χ2n) is 9.04. The summed E-state index contributed by atoms with van der Waals surface area (Å²) in [6, 6.07) is 19.4. The van der Waals surface area contributed by atoms with Crippen LogP contribution in [-0.2, 0) is 17.9 Å². The second kappa shape index (κ2) is 10.6. The van der Waals surface area contributed by atoms with Gasteiger partial charge in [-0.05, 0) is 48.9 Å². The van der Waals surface area contributed by atoms with E-state index in [-0.39, 0.29) is 17.5 Å². The molecule has 1 N–H and O–H groups in total. The SMILES string of the molecule is Cc1ccc(N(Cc2ccc3c(c2)CN(C(=O)Nc2ccccc2F)CCO3)C(=O)C(C)C)cc1. The number of carbonyl (C=O) groups excluding carboxylic acids is 2. The van der Waals surface area contributed by atoms with Crippen LogP contribution in [0.15, 0.2) is 66.7 Å². The number of benzene rings is 3. The van der Waals surface area contributed by atoms with Gasteiger partial charge in [0.1, 0.15) is 18.2 Å². The summed E-state index contributed by atoms with van der Waals surface area (Å²) >= 11 is 0. The van der Waals surface area contributed by atoms with E-state index in [0.717, 1.165) is 22.4 Å². The Bertz CT molecular complexity index is 1210. The number of nitrogens with one attached hydrogen (secondary N) is 1. The summed E-state index contributed by atoms with van der Waals surface area (Å²) in [4.78, 5) is 29.3. The first-order valence-corrected chi connectivity index (χ1v) is 11.7. The summed E-state index contributed by atoms with van der Waals surface area (Å²) in [5.74, 6) is 0.0941. The van der Waals surface area contributed by atoms with Gasteiger partial charge in [0.2, 0.25) is 5.91 Å². The van der Waals surface area contributed by atoms with E-state index >= 15 is 0 Å². The lowest BCUT2D eigenvalue weighted by molar-refractivity contribution is -0.121. The molecule has 1 aliphatic heterocycles. The van der Waals surface area contributed by atoms with Gasteiger partial charge >= 0.3 is 6.03 Å². The highest BCUT2D eigenvalue weighted by atomic mass is 19.1. The molecule has 3 aromatic carbocycles. The van der Waals surface area contributed by atoms with E-state index in [9.17, 15) is 14.0 Å². The minimum Gasteiger partial charge on any atom is -0.491 e. The molecule has 0 unspecified atom stereocenters. The number of halogens is 1. The fourth-order valence-corrected chi connectivity index (χ4v) is 3.99. The van der Waals surface area contributed by atoms with Gasteiger partial charge in [0, 0.05) is 17.2 Å². The summed E-state index contributed by atoms with van der Waals surface area (Å²) in [6.07, 6.45) is 0. The Labute approximate surface area is 205 Å². The molecule has 35 heavy (non-hydrogen) atoms. The maximum atomic E-state index is 14.0. The number of fused-ring (bicyclic) bond motifs is 1. The van der Waals surface area contributed by atoms with Crippen molar-refractivity contribution in [1.29, 1.82) is 0 Å². The molecule has 3 aromatic rings. The van der Waals surface area contributed by atoms with Gasteiger partial charge in [0.25, 0.3) is 0 Å². The third-order valence-corrected chi connectivity index (χ3v) is 5.95. The number of amides is 3. The van der Waals surface area contributed by atoms with E-state index in [1.807, 2.05) is 63.2 Å². The zero-order chi connectivity index (χ0) is 24.9. The first-order valence-electron chi connectivity index (χ1n) is 11.7. The quantitative estimate of drug-likeness (QED) is 0.511. The molecule has 7 heteroatoms. The number of para-hydroxylation sites is 1. The molecule has 0 radical (unpaired) electrons. The topological polar surface area (TPSA) is 61.9 Å². The molecular formula is C28H30FN3O3. The first kappa shape index (κ1) is 24.3. The Balaban J connectivity index is 1.55. The highest BCUT2D eigenvalue weighted by Gasteiger charge is 2.23. The van der Waals surface area contributed by atoms with Crippen LogP contribution in [0.1, 0.15) is 30.5 Å². The monoisotopic (exact) mass is 475 g/mol. The lowest BCUT2D eigenvalue weighted by Crippen LogP contribution is -2.36. The molecule has 1 aliphatic rings. The third kappa shape index (κ3) is 5.80. The maximum Gasteiger partial charge on any atom is 0.322 e. The lowest BCUT2D eigenvalue weighted by atomic mass is 10.1. The van der Waals surface area contributed by atoms with Crippen molar-refractivity contribution in [3.63, 3.8) is 0 Å². The fraction of sp³-hybridized carbons (Fsp3) is 0.286. The number of ether oxygens (including phenoxy) is 1. The Morgan fingerprint density at radius 1 is 1.09 bits per heavy atom. The van der Waals surface area contributed by atoms with Crippen molar-refractivity contribution < 1.29 is 18.7 Å². The molecule has 0 fully saturated rings. The summed E-state index contributed by atoms with van der Waals surface area (Å²) in [5, 5.41) is 2.64. The van der Waals surface area contributed by atoms with Crippen LogP contribution in [0.4, 0.5) is 20.6 Å². The standard InChI is InChI=1S/C28H30FN3O3/c1-19(2)27(33)32(23-11-8-20(3)9-12-23)17-21-10-13-26-22(16-21)18-31(14-15-35-26)28(34)30-25-7-5-4-6-24(25)29/h4-13,16,19H,14-15,17-18H2,1-3H3,(H,30,34). The molecule has 0 aromatic heterocycles. The number of urea groups is 1. The Morgan fingerprint density at radius 3 is 2.54 bits per heavy atom. The molecule has 0 bridgehead atoms. The van der Waals surface area contributed by atoms with Crippen molar-refractivity contribution in [2.75, 3.05) is 23.4 Å². The summed E-state index contributed by atoms with van der Waals surface area (Å²) < 4.78 is 19.9. The van der Waals surface area contributed by atoms with Gasteiger partial charge in [-0.2, -0.15) is 0 Å². The normalized spacial score (nSPS) is 13.0. The van der Waals surface area contributed by atoms with Crippen LogP contribution in [0.5, 0.6) is 5.75 Å². The Morgan fingerprint density at radius 2 is 1.83 bits per heavy atom. The molecule has 182 valence electrons. The van der Waals surface area contributed by atoms with Gasteiger partial charge in [-0.1, -0.05) is 49.7 Å². The molecule has 1 heterocycles. The van der Waals surface area contributed by atoms with Crippen molar-refractivity contribution in [3.05, 3.63) is 89.2 Å². The predicted molar refractivity (Wildman–Crippen MR) is 135 cm³/mol. The fourth-order valence-electron chi connectivity index (χ4n) is 3.99. The van der Waals surface area contributed by atoms with E-state index in [1.165, 1.54) is 12.1 Å². The van der Waals surface area contributed by atoms with E-state index in [4.69, 9.17) is 4.74 Å². The van der Waals surface area contributed by atoms with Crippen molar-refractivity contribution >= 4 is 23.3 Å². The van der Waals surface area contributed by atoms with Gasteiger partial charge in [-0.25, -0.2) is 9.18 Å². The number of hydrogen-bond donors (Lipinski definition) is 1. The smallest absolute Gasteiger partial charge is 0.322 e. The third-order valence-electron chi connectivity index (χ3n) is 5.95. The minimum absolute atomic E-state index is 0.0333. The first-order chi connectivity index (χ1) is 16.8. The Hall–Kier alpha value is -3.87. The van der Waals surface area contributed by atoms with Crippen LogP contribution < -0.4 is 15.0 Å². The summed E-state index contributed by atoms with van der Waals surface area (Å²) in [6.45, 7) is 7.20. The molecule has 0 saturated heterocycles. The van der Waals surface area contributed by atoms with Crippen LogP contribution in [-0.4, -0.2) is 30.0 Å². The molecule has 0 spiro atoms. The van der Waals surface area contributed by atoms with Crippen LogP contribution in [0.2, 0.25) is 0 Å². The molecule has 0 saturated carbocycles. The van der Waals surface area contributed by atoms with E-state index < -0.39 is 11.8 Å². The van der Waals surface area contributed by atoms with Gasteiger partial charge in [0.15, 0.2) is 0 Å². The van der Waals surface area contributed by atoms with Gasteiger partial charge in [-0.15, -0.1) is 0 Å². The van der Waals surface area contributed by atoms with Crippen LogP contribution >= 0.6 is 0 Å². The zero-order valence-electron chi connectivity index (χ0n) is 20.3. The second-order valence-corrected chi connectivity index (χ2v) is 9.04. The van der Waals surface area contributed by atoms with Crippen molar-refractivity contribution in [2.45, 2.75) is 33.9 Å². The van der Waals surface area contributed by atoms with E-state index in [2.05, 4.69) is 5.32 Å². The number of nitrogens with zero attached hydrogens (tertiary/aromatic N) is 2. The van der Waals surface area contributed by atoms with Gasteiger partial charge < -0.3 is 19.9 Å². The van der Waals surface area contributed by atoms with Crippen LogP contribution in [0, 0.1) is 18.7 Å². The maximum absolute atomic E-state index is 14.0. The highest BCUT2D eigenvalue weighted by molar-refractivity contribution is 5.94. The van der Waals surface area contributed by atoms with Crippen molar-refractivity contribution in [3.8, 4) is 5.75 Å². The van der Waals surface area contributed by atoms with Crippen molar-refractivity contribution in [2.24, 2.45) is 5.92 Å². The molecule has 6 nitrogen and oxygen atoms in total. The van der Waals surface area contributed by atoms with E-state index in [0.29, 0.717) is 32.0 Å². The van der Waals surface area contributed by atoms with Gasteiger partial charge in [-0.3, -0.25) is 4.79 Å². The lowest BCUT2D eigenvalue weighted by Gasteiger charge is -2.26. The molecule has 0 atom stereocenters. The molecular weight excluding hydrogens is 445 g/mol. The largest absolute Gasteiger partial charge is 0.491 e. The summed E-state index contributed by atoms with van der Waals surface area (Å²) in [7, 11) is 0. The number of hydrogen-bond acceptors (Lipinski definition) is 3. The minimum atomic E-state index is -0.486. The molecule has 0 aliphatic carbocycles. The summed E-state index contributed by atoms with van der Waals surface area (Å²) in [5.41, 5.74) is 3.87. The van der Waals surface area contributed by atoms with Crippen molar-refractivity contribution in [1.82, 2.24) is 4.90 Å².